The van der Waals surface area contributed by atoms with Gasteiger partial charge in [-0.3, -0.25) is 9.59 Å². The minimum Gasteiger partial charge on any atom is -0.379 e. The highest BCUT2D eigenvalue weighted by molar-refractivity contribution is 6.24. The van der Waals surface area contributed by atoms with Crippen molar-refractivity contribution >= 4 is 17.5 Å². The highest BCUT2D eigenvalue weighted by Gasteiger charge is 2.68. The average Bonchev–Trinajstić information content (AvgIpc) is 3.05. The van der Waals surface area contributed by atoms with Crippen molar-refractivity contribution in [3.8, 4) is 0 Å². The fourth-order valence-electron chi connectivity index (χ4n) is 6.27. The second-order valence-electron chi connectivity index (χ2n) is 10.2. The van der Waals surface area contributed by atoms with Gasteiger partial charge in [0, 0.05) is 5.92 Å². The summed E-state index contributed by atoms with van der Waals surface area (Å²) in [7, 11) is 0. The van der Waals surface area contributed by atoms with Crippen molar-refractivity contribution in [3.05, 3.63) is 101 Å². The molecule has 4 aliphatic rings. The summed E-state index contributed by atoms with van der Waals surface area (Å²) >= 11 is 0. The zero-order chi connectivity index (χ0) is 22.4. The molecule has 3 aromatic rings. The van der Waals surface area contributed by atoms with E-state index >= 15 is 0 Å². The standard InChI is InChI=1S/C28H25NO3/c1-27(2,3)20-14-8-9-15-21(20)29-25(30)23-22-16-10-4-6-12-18(16)28(32,24(23)26(29)31)19-13-7-5-11-17(19)22/h4-15,22-24,32H,1-3H3. The van der Waals surface area contributed by atoms with E-state index in [1.54, 1.807) is 0 Å². The number of amides is 2. The topological polar surface area (TPSA) is 57.6 Å². The smallest absolute Gasteiger partial charge is 0.241 e. The fraction of sp³-hybridized carbons (Fsp3) is 0.286. The summed E-state index contributed by atoms with van der Waals surface area (Å²) < 4.78 is 0. The number of benzene rings is 3. The van der Waals surface area contributed by atoms with Crippen LogP contribution in [0.3, 0.4) is 0 Å². The maximum Gasteiger partial charge on any atom is 0.241 e. The van der Waals surface area contributed by atoms with Gasteiger partial charge in [0.15, 0.2) is 0 Å². The van der Waals surface area contributed by atoms with Crippen LogP contribution < -0.4 is 4.90 Å². The molecule has 2 amide bonds. The number of carbonyl (C=O) groups is 2. The number of carbonyl (C=O) groups excluding carboxylic acids is 2. The van der Waals surface area contributed by atoms with E-state index < -0.39 is 17.4 Å². The Morgan fingerprint density at radius 2 is 1.31 bits per heavy atom. The molecule has 0 spiro atoms. The number of nitrogens with zero attached hydrogens (tertiary/aromatic N) is 1. The number of rotatable bonds is 1. The van der Waals surface area contributed by atoms with Crippen LogP contribution in [0.5, 0.6) is 0 Å². The van der Waals surface area contributed by atoms with E-state index in [1.807, 2.05) is 72.8 Å². The molecule has 3 aromatic carbocycles. The van der Waals surface area contributed by atoms with Crippen LogP contribution in [-0.4, -0.2) is 16.9 Å². The Labute approximate surface area is 187 Å². The molecule has 0 aromatic heterocycles. The molecule has 160 valence electrons. The molecule has 2 atom stereocenters. The molecule has 0 radical (unpaired) electrons. The van der Waals surface area contributed by atoms with Gasteiger partial charge in [-0.05, 0) is 39.3 Å². The van der Waals surface area contributed by atoms with Gasteiger partial charge in [-0.15, -0.1) is 0 Å². The number of aliphatic hydroxyl groups is 1. The van der Waals surface area contributed by atoms with Crippen LogP contribution in [0.4, 0.5) is 5.69 Å². The second-order valence-corrected chi connectivity index (χ2v) is 10.2. The van der Waals surface area contributed by atoms with Gasteiger partial charge in [-0.25, -0.2) is 4.90 Å². The number of para-hydroxylation sites is 1. The van der Waals surface area contributed by atoms with Crippen LogP contribution in [0, 0.1) is 11.8 Å². The molecular weight excluding hydrogens is 398 g/mol. The first-order chi connectivity index (χ1) is 15.3. The Bertz CT molecular complexity index is 1250. The third kappa shape index (κ3) is 2.20. The van der Waals surface area contributed by atoms with Gasteiger partial charge in [0.05, 0.1) is 17.5 Å². The largest absolute Gasteiger partial charge is 0.379 e. The quantitative estimate of drug-likeness (QED) is 0.587. The second kappa shape index (κ2) is 6.17. The van der Waals surface area contributed by atoms with Crippen LogP contribution in [-0.2, 0) is 20.6 Å². The molecule has 1 N–H and O–H groups in total. The Kier molecular flexibility index (Phi) is 3.75. The van der Waals surface area contributed by atoms with Gasteiger partial charge >= 0.3 is 0 Å². The third-order valence-corrected chi connectivity index (χ3v) is 7.53. The number of anilines is 1. The minimum absolute atomic E-state index is 0.218. The zero-order valence-electron chi connectivity index (χ0n) is 18.4. The summed E-state index contributed by atoms with van der Waals surface area (Å²) in [4.78, 5) is 29.3. The van der Waals surface area contributed by atoms with Gasteiger partial charge in [0.1, 0.15) is 5.60 Å². The molecule has 3 aliphatic carbocycles. The Morgan fingerprint density at radius 1 is 0.781 bits per heavy atom. The molecular formula is C28H25NO3. The summed E-state index contributed by atoms with van der Waals surface area (Å²) in [5.41, 5.74) is 3.19. The van der Waals surface area contributed by atoms with Crippen LogP contribution in [0.1, 0.15) is 54.5 Å². The molecule has 1 aliphatic heterocycles. The molecule has 2 bridgehead atoms. The zero-order valence-corrected chi connectivity index (χ0v) is 18.4. The number of hydrogen-bond donors (Lipinski definition) is 1. The summed E-state index contributed by atoms with van der Waals surface area (Å²) in [6.45, 7) is 6.23. The SMILES string of the molecule is CC(C)(C)c1ccccc1N1C(=O)C2C3c4ccccc4C(O)(c4ccccc43)C2C1=O. The summed E-state index contributed by atoms with van der Waals surface area (Å²) in [5.74, 6) is -2.23. The lowest BCUT2D eigenvalue weighted by Gasteiger charge is -2.51. The predicted octanol–water partition coefficient (Wildman–Crippen LogP) is 4.48. The van der Waals surface area contributed by atoms with Crippen molar-refractivity contribution in [2.75, 3.05) is 4.90 Å². The molecule has 32 heavy (non-hydrogen) atoms. The van der Waals surface area contributed by atoms with Crippen LogP contribution >= 0.6 is 0 Å². The Balaban J connectivity index is 1.61. The van der Waals surface area contributed by atoms with Gasteiger partial charge < -0.3 is 5.11 Å². The van der Waals surface area contributed by atoms with Crippen molar-refractivity contribution < 1.29 is 14.7 Å². The van der Waals surface area contributed by atoms with Gasteiger partial charge in [-0.1, -0.05) is 87.5 Å². The van der Waals surface area contributed by atoms with Crippen LogP contribution in [0.25, 0.3) is 0 Å². The van der Waals surface area contributed by atoms with Crippen molar-refractivity contribution in [1.82, 2.24) is 0 Å². The molecule has 0 saturated carbocycles. The van der Waals surface area contributed by atoms with E-state index in [0.29, 0.717) is 5.69 Å². The minimum atomic E-state index is -1.52. The fourth-order valence-corrected chi connectivity index (χ4v) is 6.27. The van der Waals surface area contributed by atoms with Gasteiger partial charge in [0.25, 0.3) is 0 Å². The number of imide groups is 1. The highest BCUT2D eigenvalue weighted by Crippen LogP contribution is 2.63. The molecule has 4 nitrogen and oxygen atoms in total. The maximum absolute atomic E-state index is 14.0. The molecule has 4 heteroatoms. The molecule has 2 unspecified atom stereocenters. The van der Waals surface area contributed by atoms with Crippen LogP contribution in [0.15, 0.2) is 72.8 Å². The van der Waals surface area contributed by atoms with E-state index in [1.165, 1.54) is 4.90 Å². The van der Waals surface area contributed by atoms with Gasteiger partial charge in [-0.2, -0.15) is 0 Å². The lowest BCUT2D eigenvalue weighted by Crippen LogP contribution is -2.53. The Hall–Kier alpha value is -3.24. The van der Waals surface area contributed by atoms with Crippen molar-refractivity contribution in [1.29, 1.82) is 0 Å². The first-order valence-electron chi connectivity index (χ1n) is 11.1. The third-order valence-electron chi connectivity index (χ3n) is 7.53. The maximum atomic E-state index is 14.0. The van der Waals surface area contributed by atoms with Crippen LogP contribution in [0.2, 0.25) is 0 Å². The van der Waals surface area contributed by atoms with E-state index in [0.717, 1.165) is 27.8 Å². The van der Waals surface area contributed by atoms with E-state index in [4.69, 9.17) is 0 Å². The van der Waals surface area contributed by atoms with E-state index in [9.17, 15) is 14.7 Å². The lowest BCUT2D eigenvalue weighted by atomic mass is 9.52. The molecule has 1 saturated heterocycles. The average molecular weight is 424 g/mol. The molecule has 7 rings (SSSR count). The molecule has 1 heterocycles. The number of hydrogen-bond acceptors (Lipinski definition) is 3. The van der Waals surface area contributed by atoms with E-state index in [-0.39, 0.29) is 23.1 Å². The molecule has 1 fully saturated rings. The first kappa shape index (κ1) is 19.4. The summed E-state index contributed by atoms with van der Waals surface area (Å²) in [6, 6.07) is 23.1. The normalized spacial score (nSPS) is 27.9. The summed E-state index contributed by atoms with van der Waals surface area (Å²) in [5, 5.41) is 12.3. The van der Waals surface area contributed by atoms with Crippen molar-refractivity contribution in [2.24, 2.45) is 11.8 Å². The monoisotopic (exact) mass is 423 g/mol. The Morgan fingerprint density at radius 3 is 1.91 bits per heavy atom. The lowest BCUT2D eigenvalue weighted by molar-refractivity contribution is -0.133. The van der Waals surface area contributed by atoms with Crippen molar-refractivity contribution in [2.45, 2.75) is 37.7 Å². The highest BCUT2D eigenvalue weighted by atomic mass is 16.3. The predicted molar refractivity (Wildman–Crippen MR) is 122 cm³/mol. The van der Waals surface area contributed by atoms with Crippen molar-refractivity contribution in [3.63, 3.8) is 0 Å². The first-order valence-corrected chi connectivity index (χ1v) is 11.1. The van der Waals surface area contributed by atoms with Gasteiger partial charge in [0.2, 0.25) is 11.8 Å². The van der Waals surface area contributed by atoms with E-state index in [2.05, 4.69) is 20.8 Å². The summed E-state index contributed by atoms with van der Waals surface area (Å²) in [6.07, 6.45) is 0.